The van der Waals surface area contributed by atoms with Crippen LogP contribution in [-0.4, -0.2) is 11.7 Å². The van der Waals surface area contributed by atoms with Crippen LogP contribution in [-0.2, 0) is 0 Å². The van der Waals surface area contributed by atoms with E-state index in [0.29, 0.717) is 0 Å². The van der Waals surface area contributed by atoms with Crippen molar-refractivity contribution in [3.8, 4) is 0 Å². The lowest BCUT2D eigenvalue weighted by Gasteiger charge is -2.13. The molecule has 0 heterocycles. The van der Waals surface area contributed by atoms with Gasteiger partial charge in [-0.15, -0.1) is 0 Å². The van der Waals surface area contributed by atoms with Crippen molar-refractivity contribution >= 4 is 11.4 Å². The Balaban J connectivity index is 2.13. The van der Waals surface area contributed by atoms with Crippen molar-refractivity contribution in [1.82, 2.24) is 0 Å². The summed E-state index contributed by atoms with van der Waals surface area (Å²) in [4.78, 5) is 11.8. The molecular formula is C18H16F2O. The number of allylic oxidation sites excluding steroid dienone is 2. The Hall–Kier alpha value is -2.29. The number of halogens is 2. The maximum Gasteiger partial charge on any atom is 0.313 e. The number of hydrogen-bond acceptors (Lipinski definition) is 1. The van der Waals surface area contributed by atoms with Gasteiger partial charge in [-0.05, 0) is 18.1 Å². The minimum atomic E-state index is -3.39. The highest BCUT2D eigenvalue weighted by molar-refractivity contribution is 6.01. The topological polar surface area (TPSA) is 17.1 Å². The molecule has 0 bridgehead atoms. The van der Waals surface area contributed by atoms with Gasteiger partial charge in [-0.2, -0.15) is 8.78 Å². The molecule has 0 unspecified atom stereocenters. The fourth-order valence-corrected chi connectivity index (χ4v) is 1.99. The van der Waals surface area contributed by atoms with Gasteiger partial charge in [-0.1, -0.05) is 66.7 Å². The van der Waals surface area contributed by atoms with E-state index in [4.69, 9.17) is 0 Å². The maximum absolute atomic E-state index is 14.0. The molecule has 2 rings (SSSR count). The second-order valence-corrected chi connectivity index (χ2v) is 4.86. The van der Waals surface area contributed by atoms with Crippen LogP contribution in [0.25, 0.3) is 5.57 Å². The predicted molar refractivity (Wildman–Crippen MR) is 80.4 cm³/mol. The third-order valence-corrected chi connectivity index (χ3v) is 3.26. The van der Waals surface area contributed by atoms with Gasteiger partial charge in [0.1, 0.15) is 0 Å². The molecule has 2 aromatic rings. The zero-order valence-corrected chi connectivity index (χ0v) is 11.7. The molecule has 0 fully saturated rings. The summed E-state index contributed by atoms with van der Waals surface area (Å²) in [7, 11) is 0. The molecule has 1 nitrogen and oxygen atoms in total. The summed E-state index contributed by atoms with van der Waals surface area (Å²) >= 11 is 0. The number of rotatable bonds is 5. The summed E-state index contributed by atoms with van der Waals surface area (Å²) in [6.07, 6.45) is 0.817. The van der Waals surface area contributed by atoms with Crippen LogP contribution in [0.5, 0.6) is 0 Å². The van der Waals surface area contributed by atoms with Gasteiger partial charge in [-0.3, -0.25) is 4.79 Å². The van der Waals surface area contributed by atoms with Gasteiger partial charge in [0, 0.05) is 12.0 Å². The molecule has 0 atom stereocenters. The molecule has 0 saturated heterocycles. The number of alkyl halides is 2. The number of ketones is 1. The SMILES string of the molecule is C/C(=C\CC(F)(F)C(=O)c1ccccc1)c1ccccc1. The standard InChI is InChI=1S/C18H16F2O/c1-14(15-8-4-2-5-9-15)12-13-18(19,20)17(21)16-10-6-3-7-11-16/h2-12H,13H2,1H3/b14-12+. The summed E-state index contributed by atoms with van der Waals surface area (Å²) < 4.78 is 28.0. The van der Waals surface area contributed by atoms with Gasteiger partial charge in [0.2, 0.25) is 5.78 Å². The number of Topliss-reactive ketones (excluding diaryl/α,β-unsaturated/α-hetero) is 1. The Morgan fingerprint density at radius 3 is 1.95 bits per heavy atom. The average molecular weight is 286 g/mol. The Kier molecular flexibility index (Phi) is 4.63. The van der Waals surface area contributed by atoms with Crippen molar-refractivity contribution < 1.29 is 13.6 Å². The van der Waals surface area contributed by atoms with E-state index in [-0.39, 0.29) is 5.56 Å². The summed E-state index contributed by atoms with van der Waals surface area (Å²) in [5.74, 6) is -4.53. The smallest absolute Gasteiger partial charge is 0.287 e. The van der Waals surface area contributed by atoms with E-state index in [1.807, 2.05) is 30.3 Å². The first-order valence-electron chi connectivity index (χ1n) is 6.70. The normalized spacial score (nSPS) is 12.2. The van der Waals surface area contributed by atoms with E-state index in [1.54, 1.807) is 25.1 Å². The molecule has 3 heteroatoms. The van der Waals surface area contributed by atoms with Gasteiger partial charge in [-0.25, -0.2) is 0 Å². The quantitative estimate of drug-likeness (QED) is 0.707. The van der Waals surface area contributed by atoms with Gasteiger partial charge in [0.25, 0.3) is 0 Å². The molecule has 0 amide bonds. The van der Waals surface area contributed by atoms with Crippen LogP contribution >= 0.6 is 0 Å². The molecule has 0 aliphatic rings. The summed E-state index contributed by atoms with van der Waals surface area (Å²) in [6, 6.07) is 16.9. The number of hydrogen-bond donors (Lipinski definition) is 0. The van der Waals surface area contributed by atoms with E-state index in [1.165, 1.54) is 18.2 Å². The van der Waals surface area contributed by atoms with Crippen molar-refractivity contribution in [2.75, 3.05) is 0 Å². The van der Waals surface area contributed by atoms with Crippen LogP contribution < -0.4 is 0 Å². The van der Waals surface area contributed by atoms with Gasteiger partial charge in [0.05, 0.1) is 0 Å². The minimum Gasteiger partial charge on any atom is -0.287 e. The van der Waals surface area contributed by atoms with Crippen molar-refractivity contribution in [3.05, 3.63) is 77.9 Å². The zero-order valence-electron chi connectivity index (χ0n) is 11.7. The maximum atomic E-state index is 14.0. The lowest BCUT2D eigenvalue weighted by molar-refractivity contribution is 0.0124. The van der Waals surface area contributed by atoms with Crippen LogP contribution in [0.1, 0.15) is 29.3 Å². The van der Waals surface area contributed by atoms with Crippen LogP contribution in [0.2, 0.25) is 0 Å². The Bertz CT molecular complexity index is 631. The molecule has 0 N–H and O–H groups in total. The van der Waals surface area contributed by atoms with Crippen LogP contribution in [0.3, 0.4) is 0 Å². The fraction of sp³-hybridized carbons (Fsp3) is 0.167. The van der Waals surface area contributed by atoms with Gasteiger partial charge < -0.3 is 0 Å². The molecule has 0 spiro atoms. The molecule has 21 heavy (non-hydrogen) atoms. The molecule has 0 aliphatic heterocycles. The van der Waals surface area contributed by atoms with Gasteiger partial charge >= 0.3 is 5.92 Å². The fourth-order valence-electron chi connectivity index (χ4n) is 1.99. The zero-order chi connectivity index (χ0) is 15.3. The first-order valence-corrected chi connectivity index (χ1v) is 6.70. The molecule has 0 saturated carbocycles. The lowest BCUT2D eigenvalue weighted by Crippen LogP contribution is -2.28. The number of carbonyl (C=O) groups is 1. The lowest BCUT2D eigenvalue weighted by atomic mass is 10.00. The van der Waals surface area contributed by atoms with E-state index < -0.39 is 18.1 Å². The highest BCUT2D eigenvalue weighted by Crippen LogP contribution is 2.26. The second-order valence-electron chi connectivity index (χ2n) is 4.86. The van der Waals surface area contributed by atoms with Crippen LogP contribution in [0.15, 0.2) is 66.7 Å². The average Bonchev–Trinajstić information content (AvgIpc) is 2.53. The van der Waals surface area contributed by atoms with E-state index in [9.17, 15) is 13.6 Å². The van der Waals surface area contributed by atoms with Crippen molar-refractivity contribution in [2.45, 2.75) is 19.3 Å². The number of carbonyl (C=O) groups excluding carboxylic acids is 1. The third-order valence-electron chi connectivity index (χ3n) is 3.26. The summed E-state index contributed by atoms with van der Waals surface area (Å²) in [5, 5.41) is 0. The Morgan fingerprint density at radius 1 is 0.952 bits per heavy atom. The molecule has 0 aromatic heterocycles. The highest BCUT2D eigenvalue weighted by Gasteiger charge is 2.37. The molecular weight excluding hydrogens is 270 g/mol. The van der Waals surface area contributed by atoms with E-state index >= 15 is 0 Å². The molecule has 2 aromatic carbocycles. The van der Waals surface area contributed by atoms with Crippen molar-refractivity contribution in [1.29, 1.82) is 0 Å². The van der Waals surface area contributed by atoms with E-state index in [2.05, 4.69) is 0 Å². The summed E-state index contributed by atoms with van der Waals surface area (Å²) in [6.45, 7) is 1.76. The second kappa shape index (κ2) is 6.44. The Morgan fingerprint density at radius 2 is 1.43 bits per heavy atom. The highest BCUT2D eigenvalue weighted by atomic mass is 19.3. The van der Waals surface area contributed by atoms with Gasteiger partial charge in [0.15, 0.2) is 0 Å². The molecule has 0 radical (unpaired) electrons. The van der Waals surface area contributed by atoms with Crippen molar-refractivity contribution in [3.63, 3.8) is 0 Å². The predicted octanol–water partition coefficient (Wildman–Crippen LogP) is 5.00. The van der Waals surface area contributed by atoms with Crippen LogP contribution in [0.4, 0.5) is 8.78 Å². The minimum absolute atomic E-state index is 0.0354. The largest absolute Gasteiger partial charge is 0.313 e. The van der Waals surface area contributed by atoms with E-state index in [0.717, 1.165) is 11.1 Å². The third kappa shape index (κ3) is 3.85. The van der Waals surface area contributed by atoms with Crippen molar-refractivity contribution in [2.24, 2.45) is 0 Å². The van der Waals surface area contributed by atoms with Crippen LogP contribution in [0, 0.1) is 0 Å². The first-order chi connectivity index (χ1) is 10.0. The monoisotopic (exact) mass is 286 g/mol. The summed E-state index contributed by atoms with van der Waals surface area (Å²) in [5.41, 5.74) is 1.64. The number of benzene rings is 2. The molecule has 108 valence electrons. The first kappa shape index (κ1) is 15.1. The Labute approximate surface area is 122 Å². The molecule has 0 aliphatic carbocycles.